The van der Waals surface area contributed by atoms with Gasteiger partial charge in [0.1, 0.15) is 0 Å². The van der Waals surface area contributed by atoms with E-state index in [-0.39, 0.29) is 19.2 Å². The molecule has 2 amide bonds. The number of nitrogens with one attached hydrogen (secondary N) is 1. The van der Waals surface area contributed by atoms with Crippen LogP contribution >= 0.6 is 0 Å². The molecular weight excluding hydrogens is 442 g/mol. The van der Waals surface area contributed by atoms with E-state index in [1.807, 2.05) is 18.2 Å². The quantitative estimate of drug-likeness (QED) is 0.619. The maximum Gasteiger partial charge on any atom is 0.251 e. The summed E-state index contributed by atoms with van der Waals surface area (Å²) >= 11 is 0. The van der Waals surface area contributed by atoms with Gasteiger partial charge in [0.2, 0.25) is 18.4 Å². The minimum atomic E-state index is -0.394. The smallest absolute Gasteiger partial charge is 0.251 e. The van der Waals surface area contributed by atoms with E-state index in [9.17, 15) is 9.59 Å². The Balaban J connectivity index is 1.27. The molecule has 0 unspecified atom stereocenters. The topological polar surface area (TPSA) is 98.8 Å². The standard InChI is InChI=1S/C24H29N3O7/c1-30-20-11-17(12-21(31-2)23(20)32-3)24(29)25-13-22(28)27-8-6-26(7-9-27)14-16-4-5-18-19(10-16)34-15-33-18/h4-5,10-12H,6-9,13-15H2,1-3H3,(H,25,29). The maximum atomic E-state index is 12.7. The van der Waals surface area contributed by atoms with Gasteiger partial charge >= 0.3 is 0 Å². The van der Waals surface area contributed by atoms with Crippen molar-refractivity contribution in [2.75, 3.05) is 60.8 Å². The average Bonchev–Trinajstić information content (AvgIpc) is 3.34. The Bertz CT molecular complexity index is 1030. The van der Waals surface area contributed by atoms with E-state index in [4.69, 9.17) is 23.7 Å². The molecule has 2 aliphatic heterocycles. The molecule has 1 fully saturated rings. The molecule has 34 heavy (non-hydrogen) atoms. The molecule has 182 valence electrons. The van der Waals surface area contributed by atoms with Crippen molar-refractivity contribution in [2.24, 2.45) is 0 Å². The number of piperazine rings is 1. The van der Waals surface area contributed by atoms with Crippen LogP contribution in [0.15, 0.2) is 30.3 Å². The largest absolute Gasteiger partial charge is 0.493 e. The maximum absolute atomic E-state index is 12.7. The normalized spacial score (nSPS) is 15.1. The number of hydrogen-bond acceptors (Lipinski definition) is 8. The van der Waals surface area contributed by atoms with Crippen LogP contribution in [0.5, 0.6) is 28.7 Å². The summed E-state index contributed by atoms with van der Waals surface area (Å²) in [6, 6.07) is 9.06. The fraction of sp³-hybridized carbons (Fsp3) is 0.417. The summed E-state index contributed by atoms with van der Waals surface area (Å²) in [6.07, 6.45) is 0. The Morgan fingerprint density at radius 2 is 1.59 bits per heavy atom. The molecule has 2 aromatic carbocycles. The van der Waals surface area contributed by atoms with Crippen LogP contribution in [0.2, 0.25) is 0 Å². The van der Waals surface area contributed by atoms with Crippen molar-refractivity contribution < 1.29 is 33.3 Å². The molecule has 0 aromatic heterocycles. The molecule has 0 bridgehead atoms. The summed E-state index contributed by atoms with van der Waals surface area (Å²) in [5, 5.41) is 2.69. The lowest BCUT2D eigenvalue weighted by Crippen LogP contribution is -2.50. The summed E-state index contributed by atoms with van der Waals surface area (Å²) in [4.78, 5) is 29.4. The van der Waals surface area contributed by atoms with E-state index in [1.54, 1.807) is 17.0 Å². The highest BCUT2D eigenvalue weighted by atomic mass is 16.7. The minimum Gasteiger partial charge on any atom is -0.493 e. The molecule has 0 saturated carbocycles. The van der Waals surface area contributed by atoms with Gasteiger partial charge in [-0.2, -0.15) is 0 Å². The van der Waals surface area contributed by atoms with E-state index in [0.717, 1.165) is 36.7 Å². The molecule has 1 saturated heterocycles. The first-order chi connectivity index (χ1) is 16.5. The van der Waals surface area contributed by atoms with E-state index >= 15 is 0 Å². The number of ether oxygens (including phenoxy) is 5. The van der Waals surface area contributed by atoms with Crippen molar-refractivity contribution >= 4 is 11.8 Å². The Morgan fingerprint density at radius 3 is 2.24 bits per heavy atom. The third kappa shape index (κ3) is 5.12. The first-order valence-electron chi connectivity index (χ1n) is 11.0. The van der Waals surface area contributed by atoms with Crippen LogP contribution in [0, 0.1) is 0 Å². The van der Waals surface area contributed by atoms with Gasteiger partial charge in [0.05, 0.1) is 27.9 Å². The van der Waals surface area contributed by atoms with Gasteiger partial charge in [-0.05, 0) is 29.8 Å². The Hall–Kier alpha value is -3.66. The molecule has 0 aliphatic carbocycles. The first kappa shape index (κ1) is 23.5. The molecule has 4 rings (SSSR count). The summed E-state index contributed by atoms with van der Waals surface area (Å²) in [7, 11) is 4.46. The zero-order valence-electron chi connectivity index (χ0n) is 19.6. The van der Waals surface area contributed by atoms with E-state index in [1.165, 1.54) is 21.3 Å². The predicted octanol–water partition coefficient (Wildman–Crippen LogP) is 1.52. The molecule has 0 radical (unpaired) electrons. The van der Waals surface area contributed by atoms with Crippen LogP contribution in [0.3, 0.4) is 0 Å². The monoisotopic (exact) mass is 471 g/mol. The highest BCUT2D eigenvalue weighted by Crippen LogP contribution is 2.38. The molecule has 0 atom stereocenters. The van der Waals surface area contributed by atoms with E-state index < -0.39 is 5.91 Å². The second-order valence-electron chi connectivity index (χ2n) is 7.94. The molecular formula is C24H29N3O7. The Kier molecular flexibility index (Phi) is 7.27. The summed E-state index contributed by atoms with van der Waals surface area (Å²) in [6.45, 7) is 3.65. The lowest BCUT2D eigenvalue weighted by molar-refractivity contribution is -0.131. The van der Waals surface area contributed by atoms with Crippen molar-refractivity contribution in [1.29, 1.82) is 0 Å². The van der Waals surface area contributed by atoms with Crippen LogP contribution in [-0.2, 0) is 11.3 Å². The van der Waals surface area contributed by atoms with Crippen molar-refractivity contribution in [1.82, 2.24) is 15.1 Å². The van der Waals surface area contributed by atoms with Gasteiger partial charge in [0.15, 0.2) is 23.0 Å². The van der Waals surface area contributed by atoms with Gasteiger partial charge in [-0.25, -0.2) is 0 Å². The van der Waals surface area contributed by atoms with Gasteiger partial charge in [-0.15, -0.1) is 0 Å². The van der Waals surface area contributed by atoms with Crippen LogP contribution in [-0.4, -0.2) is 82.5 Å². The zero-order valence-corrected chi connectivity index (χ0v) is 19.6. The molecule has 10 nitrogen and oxygen atoms in total. The van der Waals surface area contributed by atoms with Gasteiger partial charge in [0, 0.05) is 38.3 Å². The number of hydrogen-bond donors (Lipinski definition) is 1. The van der Waals surface area contributed by atoms with Gasteiger partial charge < -0.3 is 33.9 Å². The molecule has 2 heterocycles. The average molecular weight is 472 g/mol. The predicted molar refractivity (Wildman–Crippen MR) is 123 cm³/mol. The van der Waals surface area contributed by atoms with Crippen LogP contribution < -0.4 is 29.0 Å². The van der Waals surface area contributed by atoms with Gasteiger partial charge in [-0.1, -0.05) is 6.07 Å². The Morgan fingerprint density at radius 1 is 0.912 bits per heavy atom. The number of nitrogens with zero attached hydrogens (tertiary/aromatic N) is 2. The summed E-state index contributed by atoms with van der Waals surface area (Å²) in [5.74, 6) is 2.17. The lowest BCUT2D eigenvalue weighted by Gasteiger charge is -2.34. The summed E-state index contributed by atoms with van der Waals surface area (Å²) in [5.41, 5.74) is 1.46. The van der Waals surface area contributed by atoms with Gasteiger partial charge in [-0.3, -0.25) is 14.5 Å². The second-order valence-corrected chi connectivity index (χ2v) is 7.94. The van der Waals surface area contributed by atoms with Gasteiger partial charge in [0.25, 0.3) is 5.91 Å². The SMILES string of the molecule is COc1cc(C(=O)NCC(=O)N2CCN(Cc3ccc4c(c3)OCO4)CC2)cc(OC)c1OC. The third-order valence-electron chi connectivity index (χ3n) is 5.90. The molecule has 0 spiro atoms. The lowest BCUT2D eigenvalue weighted by atomic mass is 10.1. The van der Waals surface area contributed by atoms with Crippen molar-refractivity contribution in [3.05, 3.63) is 41.5 Å². The molecule has 2 aromatic rings. The fourth-order valence-corrected chi connectivity index (χ4v) is 4.03. The number of benzene rings is 2. The minimum absolute atomic E-state index is 0.0857. The number of rotatable bonds is 8. The van der Waals surface area contributed by atoms with E-state index in [0.29, 0.717) is 35.9 Å². The fourth-order valence-electron chi connectivity index (χ4n) is 4.03. The highest BCUT2D eigenvalue weighted by Gasteiger charge is 2.23. The number of fused-ring (bicyclic) bond motifs is 1. The molecule has 1 N–H and O–H groups in total. The van der Waals surface area contributed by atoms with Crippen molar-refractivity contribution in [3.63, 3.8) is 0 Å². The first-order valence-corrected chi connectivity index (χ1v) is 11.0. The highest BCUT2D eigenvalue weighted by molar-refractivity contribution is 5.97. The van der Waals surface area contributed by atoms with Crippen LogP contribution in [0.25, 0.3) is 0 Å². The van der Waals surface area contributed by atoms with Crippen molar-refractivity contribution in [2.45, 2.75) is 6.54 Å². The second kappa shape index (κ2) is 10.5. The van der Waals surface area contributed by atoms with E-state index in [2.05, 4.69) is 10.2 Å². The number of carbonyl (C=O) groups excluding carboxylic acids is 2. The Labute approximate surface area is 198 Å². The van der Waals surface area contributed by atoms with Crippen LogP contribution in [0.4, 0.5) is 0 Å². The third-order valence-corrected chi connectivity index (χ3v) is 5.90. The number of carbonyl (C=O) groups is 2. The zero-order chi connectivity index (χ0) is 24.1. The molecule has 2 aliphatic rings. The number of amides is 2. The molecule has 10 heteroatoms. The van der Waals surface area contributed by atoms with Crippen LogP contribution in [0.1, 0.15) is 15.9 Å². The van der Waals surface area contributed by atoms with Crippen molar-refractivity contribution in [3.8, 4) is 28.7 Å². The number of methoxy groups -OCH3 is 3. The summed E-state index contributed by atoms with van der Waals surface area (Å²) < 4.78 is 26.7.